The van der Waals surface area contributed by atoms with Gasteiger partial charge in [-0.2, -0.15) is 9.97 Å². The van der Waals surface area contributed by atoms with Gasteiger partial charge in [0, 0.05) is 62.9 Å². The number of piperidine rings is 1. The summed E-state index contributed by atoms with van der Waals surface area (Å²) < 4.78 is 23.8. The van der Waals surface area contributed by atoms with Crippen molar-refractivity contribution in [3.05, 3.63) is 29.7 Å². The minimum atomic E-state index is -1.04. The van der Waals surface area contributed by atoms with E-state index in [4.69, 9.17) is 24.2 Å². The first-order valence-corrected chi connectivity index (χ1v) is 13.9. The van der Waals surface area contributed by atoms with Crippen molar-refractivity contribution < 1.29 is 13.5 Å². The minimum Gasteiger partial charge on any atom is -0.381 e. The number of aliphatic imine (C=N–C) groups is 1. The number of nitrogens with zero attached hydrogens (tertiary/aromatic N) is 6. The van der Waals surface area contributed by atoms with E-state index < -0.39 is 10.8 Å². The van der Waals surface area contributed by atoms with E-state index in [1.54, 1.807) is 0 Å². The van der Waals surface area contributed by atoms with Crippen molar-refractivity contribution in [3.8, 4) is 0 Å². The number of ether oxygens (including phenoxy) is 1. The normalized spacial score (nSPS) is 27.3. The number of allylic oxidation sites excluding steroid dienone is 1. The molecule has 35 heavy (non-hydrogen) atoms. The Hall–Kier alpha value is -2.66. The summed E-state index contributed by atoms with van der Waals surface area (Å²) >= 11 is 0. The van der Waals surface area contributed by atoms with Crippen molar-refractivity contribution in [1.29, 1.82) is 0 Å². The first-order chi connectivity index (χ1) is 17.2. The molecule has 0 aromatic carbocycles. The Bertz CT molecular complexity index is 1150. The molecule has 4 aliphatic rings. The average Bonchev–Trinajstić information content (AvgIpc) is 3.52. The lowest BCUT2D eigenvalue weighted by Crippen LogP contribution is -2.35. The summed E-state index contributed by atoms with van der Waals surface area (Å²) in [6.07, 6.45) is 10.2. The van der Waals surface area contributed by atoms with E-state index in [0.717, 1.165) is 80.8 Å². The number of aromatic nitrogens is 4. The molecule has 0 spiro atoms. The quantitative estimate of drug-likeness (QED) is 0.665. The van der Waals surface area contributed by atoms with Crippen LogP contribution in [-0.4, -0.2) is 68.6 Å². The zero-order valence-corrected chi connectivity index (χ0v) is 20.7. The highest BCUT2D eigenvalue weighted by atomic mass is 32.2. The molecular weight excluding hydrogens is 466 g/mol. The van der Waals surface area contributed by atoms with Crippen molar-refractivity contribution in [2.24, 2.45) is 10.9 Å². The van der Waals surface area contributed by atoms with Crippen LogP contribution in [0.4, 0.5) is 11.8 Å². The molecule has 10 nitrogen and oxygen atoms in total. The first-order valence-electron chi connectivity index (χ1n) is 12.6. The van der Waals surface area contributed by atoms with Crippen molar-refractivity contribution in [2.75, 3.05) is 42.3 Å². The van der Waals surface area contributed by atoms with Crippen molar-refractivity contribution >= 4 is 28.8 Å². The van der Waals surface area contributed by atoms with Crippen LogP contribution in [0.3, 0.4) is 0 Å². The maximum absolute atomic E-state index is 12.7. The molecule has 0 amide bonds. The van der Waals surface area contributed by atoms with E-state index in [2.05, 4.69) is 33.4 Å². The van der Waals surface area contributed by atoms with Gasteiger partial charge >= 0.3 is 0 Å². The highest BCUT2D eigenvalue weighted by Gasteiger charge is 2.32. The third kappa shape index (κ3) is 4.63. The number of hydrogen-bond donors (Lipinski definition) is 1. The number of fused-ring (bicyclic) bond motifs is 1. The Balaban J connectivity index is 1.15. The highest BCUT2D eigenvalue weighted by Crippen LogP contribution is 2.34. The van der Waals surface area contributed by atoms with Gasteiger partial charge in [0.2, 0.25) is 11.8 Å². The summed E-state index contributed by atoms with van der Waals surface area (Å²) in [5, 5.41) is 7.82. The van der Waals surface area contributed by atoms with Crippen LogP contribution in [0, 0.1) is 5.92 Å². The summed E-state index contributed by atoms with van der Waals surface area (Å²) in [4.78, 5) is 21.7. The van der Waals surface area contributed by atoms with Gasteiger partial charge in [0.15, 0.2) is 5.82 Å². The van der Waals surface area contributed by atoms with Crippen LogP contribution in [0.1, 0.15) is 61.9 Å². The van der Waals surface area contributed by atoms with E-state index in [9.17, 15) is 4.21 Å². The number of nitrogens with one attached hydrogen (secondary N) is 1. The molecule has 186 valence electrons. The molecule has 11 heteroatoms. The second-order valence-electron chi connectivity index (χ2n) is 9.76. The summed E-state index contributed by atoms with van der Waals surface area (Å²) in [5.74, 6) is 4.09. The predicted octanol–water partition coefficient (Wildman–Crippen LogP) is 2.82. The summed E-state index contributed by atoms with van der Waals surface area (Å²) in [5.41, 5.74) is 0.920. The van der Waals surface area contributed by atoms with Gasteiger partial charge in [-0.3, -0.25) is 9.20 Å². The largest absolute Gasteiger partial charge is 0.381 e. The van der Waals surface area contributed by atoms with Crippen molar-refractivity contribution in [2.45, 2.75) is 61.8 Å². The number of hydrogen-bond acceptors (Lipinski definition) is 10. The van der Waals surface area contributed by atoms with Gasteiger partial charge in [0.05, 0.1) is 22.4 Å². The first kappa shape index (κ1) is 22.8. The fourth-order valence-electron chi connectivity index (χ4n) is 5.22. The van der Waals surface area contributed by atoms with Gasteiger partial charge in [-0.1, -0.05) is 18.2 Å². The van der Waals surface area contributed by atoms with Crippen LogP contribution in [0.15, 0.2) is 26.7 Å². The second-order valence-corrected chi connectivity index (χ2v) is 11.3. The molecule has 2 saturated heterocycles. The van der Waals surface area contributed by atoms with Gasteiger partial charge in [-0.05, 0) is 31.6 Å². The molecule has 3 atom stereocenters. The standard InChI is InChI=1S/C24H31N7O3S/c1-15-2-8-25-14-18(15)21-28-23(34-30-21)16-3-9-31(10-4-16)24-27-19-7-13-35(32)20(19)22(29-24)26-17-5-11-33-12-6-17/h2,8,14-18H,3-7,9-13H2,1H3,(H,26,27,29)/t15-,18?,35?/m0/s1. The van der Waals surface area contributed by atoms with Crippen LogP contribution in [0.25, 0.3) is 0 Å². The topological polar surface area (TPSA) is 119 Å². The van der Waals surface area contributed by atoms with Gasteiger partial charge in [0.1, 0.15) is 10.7 Å². The molecular formula is C24H31N7O3S. The summed E-state index contributed by atoms with van der Waals surface area (Å²) in [7, 11) is -1.04. The van der Waals surface area contributed by atoms with Crippen LogP contribution >= 0.6 is 0 Å². The monoisotopic (exact) mass is 497 g/mol. The number of anilines is 2. The maximum Gasteiger partial charge on any atom is 0.229 e. The van der Waals surface area contributed by atoms with Crippen molar-refractivity contribution in [1.82, 2.24) is 20.1 Å². The smallest absolute Gasteiger partial charge is 0.229 e. The lowest BCUT2D eigenvalue weighted by atomic mass is 9.93. The maximum atomic E-state index is 12.7. The SMILES string of the molecule is C[C@H]1C=CN=CC1c1noc(C2CCN(c3nc4c(c(NC5CCOCC5)n3)S(=O)CC4)CC2)n1. The van der Waals surface area contributed by atoms with Gasteiger partial charge in [-0.25, -0.2) is 4.98 Å². The van der Waals surface area contributed by atoms with Crippen LogP contribution < -0.4 is 10.2 Å². The molecule has 6 heterocycles. The molecule has 1 N–H and O–H groups in total. The van der Waals surface area contributed by atoms with E-state index in [1.165, 1.54) is 0 Å². The van der Waals surface area contributed by atoms with Gasteiger partial charge < -0.3 is 19.5 Å². The molecule has 2 fully saturated rings. The molecule has 0 saturated carbocycles. The Morgan fingerprint density at radius 3 is 2.74 bits per heavy atom. The highest BCUT2D eigenvalue weighted by molar-refractivity contribution is 7.85. The lowest BCUT2D eigenvalue weighted by Gasteiger charge is -2.31. The Morgan fingerprint density at radius 1 is 1.11 bits per heavy atom. The van der Waals surface area contributed by atoms with Gasteiger partial charge in [-0.15, -0.1) is 0 Å². The summed E-state index contributed by atoms with van der Waals surface area (Å²) in [6, 6.07) is 0.290. The molecule has 2 aromatic rings. The zero-order valence-electron chi connectivity index (χ0n) is 19.9. The fourth-order valence-corrected chi connectivity index (χ4v) is 6.53. The predicted molar refractivity (Wildman–Crippen MR) is 132 cm³/mol. The number of aryl methyl sites for hydroxylation is 1. The molecule has 0 bridgehead atoms. The van der Waals surface area contributed by atoms with E-state index in [0.29, 0.717) is 23.4 Å². The Kier molecular flexibility index (Phi) is 6.36. The molecule has 0 aliphatic carbocycles. The van der Waals surface area contributed by atoms with Crippen LogP contribution in [0.2, 0.25) is 0 Å². The fraction of sp³-hybridized carbons (Fsp3) is 0.625. The van der Waals surface area contributed by atoms with E-state index in [-0.39, 0.29) is 17.9 Å². The zero-order chi connectivity index (χ0) is 23.8. The molecule has 2 aromatic heterocycles. The molecule has 4 aliphatic heterocycles. The molecule has 2 unspecified atom stereocenters. The third-order valence-corrected chi connectivity index (χ3v) is 8.87. The second kappa shape index (κ2) is 9.77. The minimum absolute atomic E-state index is 0.0598. The summed E-state index contributed by atoms with van der Waals surface area (Å²) in [6.45, 7) is 5.25. The molecule has 6 rings (SSSR count). The van der Waals surface area contributed by atoms with E-state index in [1.807, 2.05) is 12.4 Å². The average molecular weight is 498 g/mol. The third-order valence-electron chi connectivity index (χ3n) is 7.41. The van der Waals surface area contributed by atoms with Crippen LogP contribution in [0.5, 0.6) is 0 Å². The Morgan fingerprint density at radius 2 is 1.94 bits per heavy atom. The van der Waals surface area contributed by atoms with Gasteiger partial charge in [0.25, 0.3) is 0 Å². The molecule has 0 radical (unpaired) electrons. The van der Waals surface area contributed by atoms with E-state index >= 15 is 0 Å². The van der Waals surface area contributed by atoms with Crippen molar-refractivity contribution in [3.63, 3.8) is 0 Å². The number of rotatable bonds is 5. The Labute approximate surface area is 207 Å². The van der Waals surface area contributed by atoms with Crippen LogP contribution in [-0.2, 0) is 22.0 Å². The lowest BCUT2D eigenvalue weighted by molar-refractivity contribution is 0.0903.